The highest BCUT2D eigenvalue weighted by Crippen LogP contribution is 2.34. The quantitative estimate of drug-likeness (QED) is 0.722. The molecule has 0 bridgehead atoms. The van der Waals surface area contributed by atoms with Crippen molar-refractivity contribution in [3.05, 3.63) is 0 Å². The summed E-state index contributed by atoms with van der Waals surface area (Å²) in [4.78, 5) is 13.7. The molecule has 0 aromatic rings. The van der Waals surface area contributed by atoms with Crippen LogP contribution in [0.5, 0.6) is 0 Å². The van der Waals surface area contributed by atoms with Gasteiger partial charge in [-0.2, -0.15) is 0 Å². The van der Waals surface area contributed by atoms with Gasteiger partial charge in [-0.1, -0.05) is 6.92 Å². The number of carbonyl (C=O) groups is 1. The second-order valence-electron chi connectivity index (χ2n) is 5.04. The number of carbonyl (C=O) groups excluding carboxylic acids is 1. The Morgan fingerprint density at radius 3 is 2.81 bits per heavy atom. The zero-order valence-corrected chi connectivity index (χ0v) is 10.1. The predicted molar refractivity (Wildman–Crippen MR) is 62.0 cm³/mol. The van der Waals surface area contributed by atoms with E-state index < -0.39 is 0 Å². The summed E-state index contributed by atoms with van der Waals surface area (Å²) in [6.07, 6.45) is 4.64. The average Bonchev–Trinajstić information content (AvgIpc) is 2.33. The summed E-state index contributed by atoms with van der Waals surface area (Å²) in [5.74, 6) is 0.248. The van der Waals surface area contributed by atoms with Crippen molar-refractivity contribution in [2.75, 3.05) is 19.7 Å². The van der Waals surface area contributed by atoms with E-state index in [1.807, 2.05) is 11.8 Å². The fraction of sp³-hybridized carbons (Fsp3) is 0.917. The van der Waals surface area contributed by atoms with Gasteiger partial charge in [-0.15, -0.1) is 0 Å². The Bertz CT molecular complexity index is 260. The van der Waals surface area contributed by atoms with Crippen LogP contribution in [0.25, 0.3) is 0 Å². The first kappa shape index (κ1) is 11.9. The van der Waals surface area contributed by atoms with E-state index in [1.165, 1.54) is 0 Å². The van der Waals surface area contributed by atoms with Crippen molar-refractivity contribution in [3.63, 3.8) is 0 Å². The van der Waals surface area contributed by atoms with Crippen LogP contribution in [-0.2, 0) is 9.53 Å². The van der Waals surface area contributed by atoms with Crippen LogP contribution in [0.1, 0.15) is 39.0 Å². The molecule has 2 N–H and O–H groups in total. The lowest BCUT2D eigenvalue weighted by Gasteiger charge is -2.46. The third-order valence-electron chi connectivity index (χ3n) is 3.85. The normalized spacial score (nSPS) is 35.4. The highest BCUT2D eigenvalue weighted by atomic mass is 16.5. The maximum atomic E-state index is 11.7. The van der Waals surface area contributed by atoms with E-state index in [9.17, 15) is 4.79 Å². The maximum Gasteiger partial charge on any atom is 0.222 e. The molecule has 1 saturated carbocycles. The van der Waals surface area contributed by atoms with Crippen molar-refractivity contribution in [1.29, 1.82) is 0 Å². The lowest BCUT2D eigenvalue weighted by Crippen LogP contribution is -2.55. The number of hydrogen-bond acceptors (Lipinski definition) is 3. The van der Waals surface area contributed by atoms with Crippen molar-refractivity contribution < 1.29 is 9.53 Å². The van der Waals surface area contributed by atoms with Gasteiger partial charge in [0.15, 0.2) is 0 Å². The molecule has 1 saturated heterocycles. The molecular formula is C12H22N2O2. The first-order chi connectivity index (χ1) is 7.65. The van der Waals surface area contributed by atoms with E-state index in [0.29, 0.717) is 19.1 Å². The molecule has 2 rings (SSSR count). The summed E-state index contributed by atoms with van der Waals surface area (Å²) in [5.41, 5.74) is 5.82. The minimum Gasteiger partial charge on any atom is -0.371 e. The Hall–Kier alpha value is -0.610. The summed E-state index contributed by atoms with van der Waals surface area (Å²) < 4.78 is 5.93. The molecule has 0 unspecified atom stereocenters. The fourth-order valence-electron chi connectivity index (χ4n) is 2.75. The molecule has 0 aromatic heterocycles. The van der Waals surface area contributed by atoms with Crippen LogP contribution in [0.2, 0.25) is 0 Å². The zero-order chi connectivity index (χ0) is 11.6. The Morgan fingerprint density at radius 2 is 2.19 bits per heavy atom. The van der Waals surface area contributed by atoms with Crippen LogP contribution in [0.4, 0.5) is 0 Å². The maximum absolute atomic E-state index is 11.7. The number of rotatable bonds is 1. The molecule has 1 amide bonds. The summed E-state index contributed by atoms with van der Waals surface area (Å²) >= 11 is 0. The largest absolute Gasteiger partial charge is 0.371 e. The van der Waals surface area contributed by atoms with E-state index >= 15 is 0 Å². The Morgan fingerprint density at radius 1 is 1.50 bits per heavy atom. The minimum atomic E-state index is -0.0844. The third-order valence-corrected chi connectivity index (χ3v) is 3.85. The summed E-state index contributed by atoms with van der Waals surface area (Å²) in [7, 11) is 0. The molecule has 2 aliphatic rings. The number of morpholine rings is 1. The molecule has 1 aliphatic carbocycles. The van der Waals surface area contributed by atoms with E-state index in [-0.39, 0.29) is 11.5 Å². The molecule has 1 aliphatic heterocycles. The molecule has 1 heterocycles. The highest BCUT2D eigenvalue weighted by molar-refractivity contribution is 5.76. The van der Waals surface area contributed by atoms with Gasteiger partial charge in [0.25, 0.3) is 0 Å². The van der Waals surface area contributed by atoms with Gasteiger partial charge in [-0.25, -0.2) is 0 Å². The van der Waals surface area contributed by atoms with Crippen molar-refractivity contribution in [1.82, 2.24) is 4.90 Å². The molecule has 0 aromatic carbocycles. The number of nitrogens with two attached hydrogens (primary N) is 1. The Labute approximate surface area is 97.1 Å². The topological polar surface area (TPSA) is 55.6 Å². The smallest absolute Gasteiger partial charge is 0.222 e. The number of nitrogens with zero attached hydrogens (tertiary/aromatic N) is 1. The molecule has 16 heavy (non-hydrogen) atoms. The summed E-state index contributed by atoms with van der Waals surface area (Å²) in [6.45, 7) is 4.12. The average molecular weight is 226 g/mol. The van der Waals surface area contributed by atoms with Crippen LogP contribution in [-0.4, -0.2) is 42.1 Å². The van der Waals surface area contributed by atoms with Crippen molar-refractivity contribution in [2.45, 2.75) is 50.7 Å². The van der Waals surface area contributed by atoms with Gasteiger partial charge in [0, 0.05) is 25.6 Å². The van der Waals surface area contributed by atoms with Gasteiger partial charge >= 0.3 is 0 Å². The molecule has 92 valence electrons. The summed E-state index contributed by atoms with van der Waals surface area (Å²) in [6, 6.07) is 0.325. The monoisotopic (exact) mass is 226 g/mol. The molecular weight excluding hydrogens is 204 g/mol. The molecule has 1 spiro atoms. The van der Waals surface area contributed by atoms with Crippen LogP contribution in [0.3, 0.4) is 0 Å². The van der Waals surface area contributed by atoms with Gasteiger partial charge in [-0.05, 0) is 25.7 Å². The number of hydrogen-bond donors (Lipinski definition) is 1. The van der Waals surface area contributed by atoms with E-state index in [4.69, 9.17) is 10.5 Å². The molecule has 2 fully saturated rings. The molecule has 4 nitrogen and oxygen atoms in total. The van der Waals surface area contributed by atoms with Crippen molar-refractivity contribution in [3.8, 4) is 0 Å². The van der Waals surface area contributed by atoms with Crippen LogP contribution >= 0.6 is 0 Å². The first-order valence-electron chi connectivity index (χ1n) is 6.32. The van der Waals surface area contributed by atoms with E-state index in [0.717, 1.165) is 38.8 Å². The standard InChI is InChI=1S/C12H22N2O2/c1-2-11(15)14-7-8-16-12(9-14)5-3-10(13)4-6-12/h10H,2-9,13H2,1H3. The lowest BCUT2D eigenvalue weighted by molar-refractivity contribution is -0.156. The Balaban J connectivity index is 1.98. The second-order valence-corrected chi connectivity index (χ2v) is 5.04. The highest BCUT2D eigenvalue weighted by Gasteiger charge is 2.40. The number of ether oxygens (including phenoxy) is 1. The van der Waals surface area contributed by atoms with Crippen LogP contribution in [0, 0.1) is 0 Å². The SMILES string of the molecule is CCC(=O)N1CCOC2(CCC(N)CC2)C1. The fourth-order valence-corrected chi connectivity index (χ4v) is 2.75. The lowest BCUT2D eigenvalue weighted by atomic mass is 9.81. The van der Waals surface area contributed by atoms with Gasteiger partial charge in [0.2, 0.25) is 5.91 Å². The zero-order valence-electron chi connectivity index (χ0n) is 10.1. The van der Waals surface area contributed by atoms with Crippen LogP contribution in [0.15, 0.2) is 0 Å². The molecule has 4 heteroatoms. The second kappa shape index (κ2) is 4.72. The number of amides is 1. The van der Waals surface area contributed by atoms with Gasteiger partial charge in [0.05, 0.1) is 12.2 Å². The van der Waals surface area contributed by atoms with Crippen molar-refractivity contribution >= 4 is 5.91 Å². The van der Waals surface area contributed by atoms with Crippen molar-refractivity contribution in [2.24, 2.45) is 5.73 Å². The first-order valence-corrected chi connectivity index (χ1v) is 6.32. The summed E-state index contributed by atoms with van der Waals surface area (Å²) in [5, 5.41) is 0. The van der Waals surface area contributed by atoms with Crippen LogP contribution < -0.4 is 5.73 Å². The van der Waals surface area contributed by atoms with Gasteiger partial charge in [-0.3, -0.25) is 4.79 Å². The van der Waals surface area contributed by atoms with E-state index in [2.05, 4.69) is 0 Å². The van der Waals surface area contributed by atoms with Gasteiger partial charge < -0.3 is 15.4 Å². The predicted octanol–water partition coefficient (Wildman–Crippen LogP) is 0.895. The van der Waals surface area contributed by atoms with E-state index in [1.54, 1.807) is 0 Å². The molecule has 0 radical (unpaired) electrons. The molecule has 0 atom stereocenters. The third kappa shape index (κ3) is 2.38. The minimum absolute atomic E-state index is 0.0844. The van der Waals surface area contributed by atoms with Gasteiger partial charge in [0.1, 0.15) is 0 Å². The Kier molecular flexibility index (Phi) is 3.50.